The Morgan fingerprint density at radius 1 is 0.594 bits per heavy atom. The van der Waals surface area contributed by atoms with Crippen LogP contribution in [0.4, 0.5) is 0 Å². The van der Waals surface area contributed by atoms with Crippen molar-refractivity contribution in [1.82, 2.24) is 51.0 Å². The zero-order valence-corrected chi connectivity index (χ0v) is 17.5. The number of imidazole rings is 2. The molecule has 2 atom stereocenters. The largest absolute Gasteiger partial charge is 0.339 e. The van der Waals surface area contributed by atoms with E-state index >= 15 is 0 Å². The van der Waals surface area contributed by atoms with Crippen molar-refractivity contribution in [2.45, 2.75) is 37.8 Å². The average Bonchev–Trinajstić information content (AvgIpc) is 3.66. The van der Waals surface area contributed by atoms with E-state index in [2.05, 4.69) is 51.0 Å². The standard InChI is InChI=1S/C22H24N10/c1-3-17(23-9-1)21-25-11-19(27-21)15-7-5-13(29-31-15)14-6-8-16(32-30-14)20-12-26-22(28-20)18-4-2-10-24-18/h5-8,11-12,17-18,23-24H,1-4,9-10H2,(H,25,27)(H,26,28)/t17-,18-/m0/s1. The van der Waals surface area contributed by atoms with E-state index in [0.29, 0.717) is 23.5 Å². The summed E-state index contributed by atoms with van der Waals surface area (Å²) in [6, 6.07) is 8.25. The molecule has 0 bridgehead atoms. The van der Waals surface area contributed by atoms with Gasteiger partial charge in [-0.3, -0.25) is 0 Å². The molecule has 6 rings (SSSR count). The first-order chi connectivity index (χ1) is 15.8. The maximum absolute atomic E-state index is 4.50. The maximum Gasteiger partial charge on any atom is 0.123 e. The van der Waals surface area contributed by atoms with Gasteiger partial charge in [-0.2, -0.15) is 0 Å². The predicted octanol–water partition coefficient (Wildman–Crippen LogP) is 2.56. The predicted molar refractivity (Wildman–Crippen MR) is 118 cm³/mol. The molecular weight excluding hydrogens is 404 g/mol. The molecule has 0 aliphatic carbocycles. The molecule has 6 heterocycles. The second kappa shape index (κ2) is 8.21. The minimum Gasteiger partial charge on any atom is -0.339 e. The lowest BCUT2D eigenvalue weighted by Gasteiger charge is -2.05. The number of aromatic nitrogens is 8. The van der Waals surface area contributed by atoms with E-state index in [0.717, 1.165) is 60.4 Å². The highest BCUT2D eigenvalue weighted by molar-refractivity contribution is 5.60. The molecule has 0 amide bonds. The lowest BCUT2D eigenvalue weighted by Crippen LogP contribution is -2.14. The van der Waals surface area contributed by atoms with Crippen LogP contribution >= 0.6 is 0 Å². The van der Waals surface area contributed by atoms with Crippen molar-refractivity contribution >= 4 is 0 Å². The van der Waals surface area contributed by atoms with Crippen molar-refractivity contribution in [3.8, 4) is 34.2 Å². The third kappa shape index (κ3) is 3.67. The molecule has 10 nitrogen and oxygen atoms in total. The lowest BCUT2D eigenvalue weighted by atomic mass is 10.2. The van der Waals surface area contributed by atoms with Gasteiger partial charge in [0.25, 0.3) is 0 Å². The maximum atomic E-state index is 4.50. The van der Waals surface area contributed by atoms with Crippen molar-refractivity contribution < 1.29 is 0 Å². The van der Waals surface area contributed by atoms with Gasteiger partial charge in [0.2, 0.25) is 0 Å². The highest BCUT2D eigenvalue weighted by atomic mass is 15.2. The molecule has 2 aliphatic heterocycles. The Kier molecular flexibility index (Phi) is 4.93. The smallest absolute Gasteiger partial charge is 0.123 e. The topological polar surface area (TPSA) is 133 Å². The molecule has 4 aromatic heterocycles. The number of rotatable bonds is 5. The summed E-state index contributed by atoms with van der Waals surface area (Å²) in [5.41, 5.74) is 4.57. The zero-order valence-electron chi connectivity index (χ0n) is 17.5. The molecule has 32 heavy (non-hydrogen) atoms. The Labute approximate surface area is 184 Å². The van der Waals surface area contributed by atoms with Crippen LogP contribution < -0.4 is 10.6 Å². The third-order valence-corrected chi connectivity index (χ3v) is 6.12. The molecule has 0 aromatic carbocycles. The quantitative estimate of drug-likeness (QED) is 0.381. The second-order valence-corrected chi connectivity index (χ2v) is 8.27. The average molecular weight is 429 g/mol. The monoisotopic (exact) mass is 428 g/mol. The summed E-state index contributed by atoms with van der Waals surface area (Å²) in [6.07, 6.45) is 8.18. The third-order valence-electron chi connectivity index (χ3n) is 6.12. The van der Waals surface area contributed by atoms with E-state index in [-0.39, 0.29) is 0 Å². The van der Waals surface area contributed by atoms with Crippen molar-refractivity contribution in [3.63, 3.8) is 0 Å². The lowest BCUT2D eigenvalue weighted by molar-refractivity contribution is 0.613. The molecule has 0 radical (unpaired) electrons. The number of nitrogens with one attached hydrogen (secondary N) is 4. The molecule has 2 aliphatic rings. The SMILES string of the molecule is c1cc(-c2cnc([C@@H]3CCCN3)[nH]2)nnc1-c1ccc(-c2cnc([C@@H]3CCCN3)[nH]2)nn1. The Bertz CT molecular complexity index is 1090. The number of H-pyrrole nitrogens is 2. The first-order valence-corrected chi connectivity index (χ1v) is 11.1. The van der Waals surface area contributed by atoms with Crippen LogP contribution in [-0.4, -0.2) is 53.4 Å². The first-order valence-electron chi connectivity index (χ1n) is 11.1. The van der Waals surface area contributed by atoms with Crippen molar-refractivity contribution in [2.75, 3.05) is 13.1 Å². The van der Waals surface area contributed by atoms with Gasteiger partial charge in [-0.1, -0.05) is 0 Å². The van der Waals surface area contributed by atoms with E-state index in [1.54, 1.807) is 0 Å². The molecule has 4 N–H and O–H groups in total. The summed E-state index contributed by atoms with van der Waals surface area (Å²) >= 11 is 0. The van der Waals surface area contributed by atoms with Crippen LogP contribution in [-0.2, 0) is 0 Å². The Balaban J connectivity index is 1.17. The fourth-order valence-corrected chi connectivity index (χ4v) is 4.35. The number of aromatic amines is 2. The Morgan fingerprint density at radius 2 is 1.03 bits per heavy atom. The van der Waals surface area contributed by atoms with Gasteiger partial charge >= 0.3 is 0 Å². The van der Waals surface area contributed by atoms with Gasteiger partial charge in [0, 0.05) is 0 Å². The second-order valence-electron chi connectivity index (χ2n) is 8.27. The highest BCUT2D eigenvalue weighted by Crippen LogP contribution is 2.25. The van der Waals surface area contributed by atoms with E-state index in [9.17, 15) is 0 Å². The van der Waals surface area contributed by atoms with Crippen molar-refractivity contribution in [3.05, 3.63) is 48.3 Å². The van der Waals surface area contributed by atoms with E-state index in [1.165, 1.54) is 12.8 Å². The fourth-order valence-electron chi connectivity index (χ4n) is 4.35. The molecule has 4 aromatic rings. The molecule has 0 spiro atoms. The van der Waals surface area contributed by atoms with Crippen LogP contribution in [0.3, 0.4) is 0 Å². The summed E-state index contributed by atoms with van der Waals surface area (Å²) in [5, 5.41) is 24.3. The summed E-state index contributed by atoms with van der Waals surface area (Å²) < 4.78 is 0. The van der Waals surface area contributed by atoms with Crippen LogP contribution in [0.15, 0.2) is 36.7 Å². The van der Waals surface area contributed by atoms with Gasteiger partial charge < -0.3 is 20.6 Å². The fraction of sp³-hybridized carbons (Fsp3) is 0.364. The minimum absolute atomic E-state index is 0.296. The van der Waals surface area contributed by atoms with Crippen LogP contribution in [0.25, 0.3) is 34.2 Å². The zero-order chi connectivity index (χ0) is 21.3. The summed E-state index contributed by atoms with van der Waals surface area (Å²) in [7, 11) is 0. The summed E-state index contributed by atoms with van der Waals surface area (Å²) in [6.45, 7) is 2.07. The number of hydrogen-bond acceptors (Lipinski definition) is 8. The molecule has 0 unspecified atom stereocenters. The van der Waals surface area contributed by atoms with Gasteiger partial charge in [0.05, 0.1) is 35.9 Å². The van der Waals surface area contributed by atoms with Crippen molar-refractivity contribution in [1.29, 1.82) is 0 Å². The summed E-state index contributed by atoms with van der Waals surface area (Å²) in [4.78, 5) is 15.7. The van der Waals surface area contributed by atoms with E-state index in [1.807, 2.05) is 36.7 Å². The van der Waals surface area contributed by atoms with Crippen molar-refractivity contribution in [2.24, 2.45) is 0 Å². The van der Waals surface area contributed by atoms with Gasteiger partial charge in [0.1, 0.15) is 34.4 Å². The van der Waals surface area contributed by atoms with Gasteiger partial charge in [-0.15, -0.1) is 20.4 Å². The highest BCUT2D eigenvalue weighted by Gasteiger charge is 2.20. The van der Waals surface area contributed by atoms with Gasteiger partial charge in [-0.25, -0.2) is 9.97 Å². The normalized spacial score (nSPS) is 20.8. The number of hydrogen-bond donors (Lipinski definition) is 4. The first kappa shape index (κ1) is 19.2. The van der Waals surface area contributed by atoms with Gasteiger partial charge in [-0.05, 0) is 63.0 Å². The Morgan fingerprint density at radius 3 is 1.41 bits per heavy atom. The van der Waals surface area contributed by atoms with Crippen LogP contribution in [0.5, 0.6) is 0 Å². The summed E-state index contributed by atoms with van der Waals surface area (Å²) in [5.74, 6) is 1.91. The van der Waals surface area contributed by atoms with Gasteiger partial charge in [0.15, 0.2) is 0 Å². The van der Waals surface area contributed by atoms with Crippen LogP contribution in [0.1, 0.15) is 49.4 Å². The molecule has 162 valence electrons. The Hall–Kier alpha value is -3.50. The molecular formula is C22H24N10. The number of nitrogens with zero attached hydrogens (tertiary/aromatic N) is 6. The van der Waals surface area contributed by atoms with E-state index < -0.39 is 0 Å². The molecule has 0 saturated carbocycles. The van der Waals surface area contributed by atoms with Crippen LogP contribution in [0.2, 0.25) is 0 Å². The molecule has 10 heteroatoms. The van der Waals surface area contributed by atoms with E-state index in [4.69, 9.17) is 0 Å². The molecule has 2 saturated heterocycles. The molecule has 2 fully saturated rings. The van der Waals surface area contributed by atoms with Crippen LogP contribution in [0, 0.1) is 0 Å². The minimum atomic E-state index is 0.296.